The molecule has 1 heterocycles. The highest BCUT2D eigenvalue weighted by Gasteiger charge is 2.16. The predicted octanol–water partition coefficient (Wildman–Crippen LogP) is 1.47. The third kappa shape index (κ3) is 2.23. The number of ether oxygens (including phenoxy) is 1. The number of aromatic hydroxyl groups is 1. The van der Waals surface area contributed by atoms with E-state index < -0.39 is 11.9 Å². The highest BCUT2D eigenvalue weighted by atomic mass is 32.1. The molecule has 0 aliphatic carbocycles. The third-order valence-corrected chi connectivity index (χ3v) is 2.38. The number of hydrogen-bond donors (Lipinski definition) is 2. The molecule has 1 rings (SSSR count). The predicted molar refractivity (Wildman–Crippen MR) is 48.9 cm³/mol. The molecule has 0 bridgehead atoms. The molecular formula is C8H8O5S. The van der Waals surface area contributed by atoms with Gasteiger partial charge >= 0.3 is 11.9 Å². The first-order chi connectivity index (χ1) is 6.54. The van der Waals surface area contributed by atoms with Crippen LogP contribution >= 0.6 is 11.3 Å². The zero-order valence-corrected chi connectivity index (χ0v) is 8.13. The van der Waals surface area contributed by atoms with Crippen LogP contribution in [-0.2, 0) is 4.79 Å². The molecule has 0 atom stereocenters. The van der Waals surface area contributed by atoms with E-state index in [2.05, 4.69) is 0 Å². The maximum Gasteiger partial charge on any atom is 0.346 e. The van der Waals surface area contributed by atoms with Gasteiger partial charge in [0.05, 0.1) is 0 Å². The number of carboxylic acids is 1. The molecule has 0 spiro atoms. The lowest BCUT2D eigenvalue weighted by Gasteiger charge is -1.97. The van der Waals surface area contributed by atoms with E-state index in [0.29, 0.717) is 0 Å². The number of rotatable bonds is 3. The molecule has 14 heavy (non-hydrogen) atoms. The number of carbonyl (C=O) groups excluding carboxylic acids is 1. The Bertz CT molecular complexity index is 368. The van der Waals surface area contributed by atoms with Gasteiger partial charge in [0.15, 0.2) is 5.75 Å². The summed E-state index contributed by atoms with van der Waals surface area (Å²) < 4.78 is 4.69. The smallest absolute Gasteiger partial charge is 0.346 e. The second kappa shape index (κ2) is 4.10. The van der Waals surface area contributed by atoms with Crippen molar-refractivity contribution in [3.8, 4) is 10.8 Å². The Hall–Kier alpha value is -1.56. The van der Waals surface area contributed by atoms with Crippen molar-refractivity contribution in [3.05, 3.63) is 10.9 Å². The molecule has 2 N–H and O–H groups in total. The number of carbonyl (C=O) groups is 2. The fraction of sp³-hybridized carbons (Fsp3) is 0.250. The van der Waals surface area contributed by atoms with Crippen LogP contribution in [0.5, 0.6) is 10.8 Å². The molecule has 1 aromatic heterocycles. The summed E-state index contributed by atoms with van der Waals surface area (Å²) in [6.45, 7) is 1.60. The van der Waals surface area contributed by atoms with Gasteiger partial charge in [-0.05, 0) is 0 Å². The Labute approximate surface area is 83.6 Å². The monoisotopic (exact) mass is 216 g/mol. The number of carboxylic acid groups (broad SMARTS) is 1. The van der Waals surface area contributed by atoms with Gasteiger partial charge in [-0.2, -0.15) is 0 Å². The summed E-state index contributed by atoms with van der Waals surface area (Å²) in [4.78, 5) is 21.3. The van der Waals surface area contributed by atoms with Gasteiger partial charge < -0.3 is 14.9 Å². The van der Waals surface area contributed by atoms with Crippen molar-refractivity contribution in [2.75, 3.05) is 0 Å². The van der Waals surface area contributed by atoms with Crippen LogP contribution in [0.25, 0.3) is 0 Å². The number of aromatic carboxylic acids is 1. The lowest BCUT2D eigenvalue weighted by molar-refractivity contribution is -0.133. The van der Waals surface area contributed by atoms with Crippen LogP contribution in [0.4, 0.5) is 0 Å². The highest BCUT2D eigenvalue weighted by Crippen LogP contribution is 2.36. The Balaban J connectivity index is 2.88. The summed E-state index contributed by atoms with van der Waals surface area (Å²) in [5, 5.41) is 17.7. The topological polar surface area (TPSA) is 83.8 Å². The molecule has 0 fully saturated rings. The molecular weight excluding hydrogens is 208 g/mol. The molecule has 5 nitrogen and oxygen atoms in total. The van der Waals surface area contributed by atoms with Gasteiger partial charge in [0, 0.05) is 12.5 Å². The summed E-state index contributed by atoms with van der Waals surface area (Å²) in [6.07, 6.45) is 0.166. The lowest BCUT2D eigenvalue weighted by atomic mass is 10.4. The Morgan fingerprint density at radius 3 is 2.64 bits per heavy atom. The second-order valence-electron chi connectivity index (χ2n) is 2.42. The quantitative estimate of drug-likeness (QED) is 0.747. The van der Waals surface area contributed by atoms with E-state index in [1.807, 2.05) is 0 Å². The minimum atomic E-state index is -1.16. The van der Waals surface area contributed by atoms with Gasteiger partial charge in [-0.1, -0.05) is 18.3 Å². The standard InChI is InChI=1S/C8H8O5S/c1-2-6(10)13-8-4(9)3-5(14-8)7(11)12/h3,9H,2H2,1H3,(H,11,12). The summed E-state index contributed by atoms with van der Waals surface area (Å²) in [5.74, 6) is -2.00. The fourth-order valence-corrected chi connectivity index (χ4v) is 1.47. The van der Waals surface area contributed by atoms with E-state index >= 15 is 0 Å². The van der Waals surface area contributed by atoms with Crippen molar-refractivity contribution in [1.29, 1.82) is 0 Å². The number of thiophene rings is 1. The molecule has 1 aromatic rings. The van der Waals surface area contributed by atoms with E-state index in [0.717, 1.165) is 17.4 Å². The Morgan fingerprint density at radius 1 is 1.57 bits per heavy atom. The second-order valence-corrected chi connectivity index (χ2v) is 3.43. The molecule has 0 amide bonds. The van der Waals surface area contributed by atoms with E-state index in [1.165, 1.54) is 0 Å². The van der Waals surface area contributed by atoms with Crippen LogP contribution in [-0.4, -0.2) is 22.2 Å². The van der Waals surface area contributed by atoms with E-state index in [-0.39, 0.29) is 22.1 Å². The normalized spacial score (nSPS) is 9.79. The van der Waals surface area contributed by atoms with Crippen LogP contribution in [0.3, 0.4) is 0 Å². The highest BCUT2D eigenvalue weighted by molar-refractivity contribution is 7.16. The van der Waals surface area contributed by atoms with Gasteiger partial charge in [0.25, 0.3) is 0 Å². The first-order valence-corrected chi connectivity index (χ1v) is 4.63. The van der Waals surface area contributed by atoms with E-state index in [4.69, 9.17) is 9.84 Å². The maximum absolute atomic E-state index is 10.8. The van der Waals surface area contributed by atoms with Crippen LogP contribution in [0.2, 0.25) is 0 Å². The van der Waals surface area contributed by atoms with Gasteiger partial charge in [-0.3, -0.25) is 4.79 Å². The largest absolute Gasteiger partial charge is 0.504 e. The first kappa shape index (κ1) is 10.5. The Morgan fingerprint density at radius 2 is 2.21 bits per heavy atom. The zero-order chi connectivity index (χ0) is 10.7. The van der Waals surface area contributed by atoms with Crippen LogP contribution < -0.4 is 4.74 Å². The van der Waals surface area contributed by atoms with Crippen LogP contribution in [0.1, 0.15) is 23.0 Å². The van der Waals surface area contributed by atoms with E-state index in [9.17, 15) is 14.7 Å². The average Bonchev–Trinajstić information content (AvgIpc) is 2.48. The summed E-state index contributed by atoms with van der Waals surface area (Å²) in [7, 11) is 0. The molecule has 0 radical (unpaired) electrons. The van der Waals surface area contributed by atoms with Crippen molar-refractivity contribution in [1.82, 2.24) is 0 Å². The van der Waals surface area contributed by atoms with Crippen molar-refractivity contribution >= 4 is 23.3 Å². The minimum absolute atomic E-state index is 0.0681. The SMILES string of the molecule is CCC(=O)Oc1sc(C(=O)O)cc1O. The summed E-state index contributed by atoms with van der Waals surface area (Å²) >= 11 is 0.719. The van der Waals surface area contributed by atoms with E-state index in [1.54, 1.807) is 6.92 Å². The van der Waals surface area contributed by atoms with Crippen molar-refractivity contribution in [2.45, 2.75) is 13.3 Å². The van der Waals surface area contributed by atoms with Gasteiger partial charge in [0.1, 0.15) is 4.88 Å². The maximum atomic E-state index is 10.8. The molecule has 0 aliphatic heterocycles. The molecule has 0 saturated carbocycles. The summed E-state index contributed by atoms with van der Waals surface area (Å²) in [6, 6.07) is 1.05. The van der Waals surface area contributed by atoms with Crippen molar-refractivity contribution in [3.63, 3.8) is 0 Å². The Kier molecular flexibility index (Phi) is 3.08. The molecule has 6 heteroatoms. The molecule has 0 saturated heterocycles. The summed E-state index contributed by atoms with van der Waals surface area (Å²) in [5.41, 5.74) is 0. The molecule has 0 aliphatic rings. The fourth-order valence-electron chi connectivity index (χ4n) is 0.719. The molecule has 0 unspecified atom stereocenters. The van der Waals surface area contributed by atoms with Crippen LogP contribution in [0, 0.1) is 0 Å². The third-order valence-electron chi connectivity index (χ3n) is 1.39. The average molecular weight is 216 g/mol. The van der Waals surface area contributed by atoms with Gasteiger partial charge in [0.2, 0.25) is 5.06 Å². The van der Waals surface area contributed by atoms with Crippen molar-refractivity contribution in [2.24, 2.45) is 0 Å². The van der Waals surface area contributed by atoms with Crippen molar-refractivity contribution < 1.29 is 24.5 Å². The first-order valence-electron chi connectivity index (χ1n) is 3.81. The number of esters is 1. The number of hydrogen-bond acceptors (Lipinski definition) is 5. The van der Waals surface area contributed by atoms with Gasteiger partial charge in [-0.15, -0.1) is 0 Å². The van der Waals surface area contributed by atoms with Gasteiger partial charge in [-0.25, -0.2) is 4.79 Å². The van der Waals surface area contributed by atoms with Crippen LogP contribution in [0.15, 0.2) is 6.07 Å². The lowest BCUT2D eigenvalue weighted by Crippen LogP contribution is -2.04. The zero-order valence-electron chi connectivity index (χ0n) is 7.31. The molecule has 76 valence electrons. The minimum Gasteiger partial charge on any atom is -0.504 e. The molecule has 0 aromatic carbocycles.